The van der Waals surface area contributed by atoms with Crippen LogP contribution < -0.4 is 21.3 Å². The molecule has 3 aromatic carbocycles. The fourth-order valence-corrected chi connectivity index (χ4v) is 5.61. The number of anilines is 1. The van der Waals surface area contributed by atoms with E-state index in [0.29, 0.717) is 24.5 Å². The van der Waals surface area contributed by atoms with E-state index < -0.39 is 35.8 Å². The van der Waals surface area contributed by atoms with Crippen LogP contribution in [-0.2, 0) is 30.5 Å². The molecule has 1 heterocycles. The zero-order chi connectivity index (χ0) is 35.6. The van der Waals surface area contributed by atoms with Gasteiger partial charge in [0, 0.05) is 30.1 Å². The SMILES string of the molecule is CCOC(=O)C(O)(CCCC(C)C)NC(=O)C(CC1=CN(C(=O)[C@H](C)N)CN1c1cccc2ccccc12)NC(=O)OCc1ccccc1. The number of amides is 3. The van der Waals surface area contributed by atoms with E-state index in [1.54, 1.807) is 32.2 Å². The predicted molar refractivity (Wildman–Crippen MR) is 186 cm³/mol. The Bertz CT molecular complexity index is 1640. The number of nitrogens with two attached hydrogens (primary N) is 1. The molecular formula is C37H47N5O7. The number of esters is 1. The summed E-state index contributed by atoms with van der Waals surface area (Å²) in [6, 6.07) is 20.5. The Morgan fingerprint density at radius 1 is 0.959 bits per heavy atom. The smallest absolute Gasteiger partial charge is 0.408 e. The van der Waals surface area contributed by atoms with Crippen LogP contribution in [-0.4, -0.2) is 65.0 Å². The number of hydrogen-bond donors (Lipinski definition) is 4. The second-order valence-electron chi connectivity index (χ2n) is 12.6. The minimum absolute atomic E-state index is 0.00894. The van der Waals surface area contributed by atoms with Crippen molar-refractivity contribution in [2.24, 2.45) is 11.7 Å². The van der Waals surface area contributed by atoms with Crippen LogP contribution in [0.5, 0.6) is 0 Å². The zero-order valence-electron chi connectivity index (χ0n) is 28.6. The van der Waals surface area contributed by atoms with Crippen LogP contribution in [0.25, 0.3) is 10.8 Å². The average molecular weight is 674 g/mol. The number of nitrogens with one attached hydrogen (secondary N) is 2. The van der Waals surface area contributed by atoms with Gasteiger partial charge in [-0.3, -0.25) is 14.5 Å². The fraction of sp³-hybridized carbons (Fsp3) is 0.405. The molecule has 0 saturated heterocycles. The first-order chi connectivity index (χ1) is 23.4. The topological polar surface area (TPSA) is 164 Å². The quantitative estimate of drug-likeness (QED) is 0.134. The maximum absolute atomic E-state index is 14.0. The first-order valence-corrected chi connectivity index (χ1v) is 16.6. The minimum Gasteiger partial charge on any atom is -0.462 e. The molecule has 0 radical (unpaired) electrons. The first kappa shape index (κ1) is 36.9. The third-order valence-electron chi connectivity index (χ3n) is 8.17. The highest BCUT2D eigenvalue weighted by Crippen LogP contribution is 2.34. The highest BCUT2D eigenvalue weighted by atomic mass is 16.6. The van der Waals surface area contributed by atoms with Gasteiger partial charge in [0.25, 0.3) is 0 Å². The number of fused-ring (bicyclic) bond motifs is 1. The van der Waals surface area contributed by atoms with Gasteiger partial charge in [-0.1, -0.05) is 87.0 Å². The minimum atomic E-state index is -2.34. The summed E-state index contributed by atoms with van der Waals surface area (Å²) in [7, 11) is 0. The van der Waals surface area contributed by atoms with E-state index in [1.807, 2.05) is 79.4 Å². The average Bonchev–Trinajstić information content (AvgIpc) is 3.50. The third-order valence-corrected chi connectivity index (χ3v) is 8.17. The van der Waals surface area contributed by atoms with Crippen LogP contribution in [0.1, 0.15) is 58.9 Å². The Morgan fingerprint density at radius 3 is 2.35 bits per heavy atom. The Labute approximate surface area is 287 Å². The van der Waals surface area contributed by atoms with Crippen molar-refractivity contribution in [2.75, 3.05) is 18.2 Å². The van der Waals surface area contributed by atoms with Gasteiger partial charge in [0.15, 0.2) is 0 Å². The van der Waals surface area contributed by atoms with Crippen molar-refractivity contribution in [1.29, 1.82) is 0 Å². The fourth-order valence-electron chi connectivity index (χ4n) is 5.61. The molecule has 3 amide bonds. The van der Waals surface area contributed by atoms with E-state index in [2.05, 4.69) is 10.6 Å². The summed E-state index contributed by atoms with van der Waals surface area (Å²) in [6.45, 7) is 7.27. The molecule has 0 aromatic heterocycles. The number of benzene rings is 3. The Balaban J connectivity index is 1.68. The molecule has 12 heteroatoms. The molecule has 2 unspecified atom stereocenters. The van der Waals surface area contributed by atoms with Crippen LogP contribution in [0.4, 0.5) is 10.5 Å². The molecule has 49 heavy (non-hydrogen) atoms. The summed E-state index contributed by atoms with van der Waals surface area (Å²) in [6.07, 6.45) is 1.61. The number of rotatable bonds is 15. The van der Waals surface area contributed by atoms with E-state index >= 15 is 0 Å². The summed E-state index contributed by atoms with van der Waals surface area (Å²) >= 11 is 0. The molecule has 3 aromatic rings. The Hall–Kier alpha value is -4.94. The van der Waals surface area contributed by atoms with Crippen molar-refractivity contribution >= 4 is 40.3 Å². The van der Waals surface area contributed by atoms with Gasteiger partial charge in [-0.25, -0.2) is 9.59 Å². The lowest BCUT2D eigenvalue weighted by atomic mass is 9.99. The van der Waals surface area contributed by atoms with E-state index in [9.17, 15) is 24.3 Å². The summed E-state index contributed by atoms with van der Waals surface area (Å²) in [5, 5.41) is 18.4. The molecule has 1 aliphatic rings. The lowest BCUT2D eigenvalue weighted by Crippen LogP contribution is -2.60. The molecular weight excluding hydrogens is 626 g/mol. The normalized spacial score (nSPS) is 15.3. The number of carbonyl (C=O) groups excluding carboxylic acids is 4. The van der Waals surface area contributed by atoms with Gasteiger partial charge in [-0.05, 0) is 43.2 Å². The molecule has 0 fully saturated rings. The Kier molecular flexibility index (Phi) is 12.8. The van der Waals surface area contributed by atoms with Gasteiger partial charge in [0.1, 0.15) is 19.3 Å². The van der Waals surface area contributed by atoms with Crippen LogP contribution >= 0.6 is 0 Å². The van der Waals surface area contributed by atoms with Crippen molar-refractivity contribution in [2.45, 2.75) is 77.8 Å². The molecule has 0 aliphatic carbocycles. The van der Waals surface area contributed by atoms with Gasteiger partial charge in [-0.2, -0.15) is 0 Å². The number of nitrogens with zero attached hydrogens (tertiary/aromatic N) is 2. The van der Waals surface area contributed by atoms with E-state index in [0.717, 1.165) is 22.0 Å². The standard InChI is InChI=1S/C37H47N5O7/c1-5-48-35(45)37(47,20-12-13-25(2)3)40-33(43)31(39-36(46)49-23-27-14-7-6-8-15-27)21-29-22-41(34(44)26(4)38)24-42(29)32-19-11-17-28-16-9-10-18-30(28)32/h6-11,14-19,22,25-26,31,47H,5,12-13,20-21,23-24,38H2,1-4H3,(H,39,46)(H,40,43)/t26-,31?,37?/m0/s1. The van der Waals surface area contributed by atoms with Crippen LogP contribution in [0.15, 0.2) is 84.7 Å². The van der Waals surface area contributed by atoms with Crippen LogP contribution in [0.2, 0.25) is 0 Å². The van der Waals surface area contributed by atoms with Crippen molar-refractivity contribution < 1.29 is 33.8 Å². The lowest BCUT2D eigenvalue weighted by Gasteiger charge is -2.31. The first-order valence-electron chi connectivity index (χ1n) is 16.6. The summed E-state index contributed by atoms with van der Waals surface area (Å²) in [4.78, 5) is 56.6. The number of alkyl carbamates (subject to hydrolysis) is 1. The van der Waals surface area contributed by atoms with E-state index in [4.69, 9.17) is 15.2 Å². The molecule has 12 nitrogen and oxygen atoms in total. The maximum atomic E-state index is 14.0. The van der Waals surface area contributed by atoms with Crippen molar-refractivity contribution in [3.8, 4) is 0 Å². The molecule has 3 atom stereocenters. The highest BCUT2D eigenvalue weighted by molar-refractivity contribution is 5.96. The van der Waals surface area contributed by atoms with Crippen molar-refractivity contribution in [3.63, 3.8) is 0 Å². The van der Waals surface area contributed by atoms with Gasteiger partial charge in [0.05, 0.1) is 18.3 Å². The van der Waals surface area contributed by atoms with E-state index in [1.165, 1.54) is 4.90 Å². The summed E-state index contributed by atoms with van der Waals surface area (Å²) in [5.41, 5.74) is 5.64. The highest BCUT2D eigenvalue weighted by Gasteiger charge is 2.41. The zero-order valence-corrected chi connectivity index (χ0v) is 28.6. The molecule has 1 aliphatic heterocycles. The maximum Gasteiger partial charge on any atom is 0.408 e. The monoisotopic (exact) mass is 673 g/mol. The van der Waals surface area contributed by atoms with Gasteiger partial charge >= 0.3 is 12.1 Å². The summed E-state index contributed by atoms with van der Waals surface area (Å²) < 4.78 is 10.6. The van der Waals surface area contributed by atoms with Crippen molar-refractivity contribution in [1.82, 2.24) is 15.5 Å². The van der Waals surface area contributed by atoms with E-state index in [-0.39, 0.29) is 38.6 Å². The molecule has 4 rings (SSSR count). The number of aliphatic hydroxyl groups is 1. The van der Waals surface area contributed by atoms with Gasteiger partial charge in [0.2, 0.25) is 17.5 Å². The number of ether oxygens (including phenoxy) is 2. The second-order valence-corrected chi connectivity index (χ2v) is 12.6. The van der Waals surface area contributed by atoms with Crippen molar-refractivity contribution in [3.05, 3.63) is 90.3 Å². The van der Waals surface area contributed by atoms with Gasteiger partial charge in [-0.15, -0.1) is 0 Å². The molecule has 0 spiro atoms. The second kappa shape index (κ2) is 16.9. The largest absolute Gasteiger partial charge is 0.462 e. The number of hydrogen-bond acceptors (Lipinski definition) is 9. The molecule has 0 bridgehead atoms. The predicted octanol–water partition coefficient (Wildman–Crippen LogP) is 4.51. The molecule has 5 N–H and O–H groups in total. The van der Waals surface area contributed by atoms with Gasteiger partial charge < -0.3 is 35.8 Å². The lowest BCUT2D eigenvalue weighted by molar-refractivity contribution is -0.172. The van der Waals surface area contributed by atoms with Crippen LogP contribution in [0, 0.1) is 5.92 Å². The Morgan fingerprint density at radius 2 is 1.65 bits per heavy atom. The number of carbonyl (C=O) groups is 4. The summed E-state index contributed by atoms with van der Waals surface area (Å²) in [5.74, 6) is -1.87. The molecule has 262 valence electrons. The molecule has 0 saturated carbocycles. The third kappa shape index (κ3) is 9.80. The van der Waals surface area contributed by atoms with Crippen LogP contribution in [0.3, 0.4) is 0 Å².